The van der Waals surface area contributed by atoms with Gasteiger partial charge in [-0.1, -0.05) is 18.2 Å². The largest absolute Gasteiger partial charge is 0.465 e. The number of hydrogen-bond donors (Lipinski definition) is 0. The van der Waals surface area contributed by atoms with Crippen LogP contribution < -0.4 is 4.74 Å². The number of methoxy groups -OCH3 is 1. The van der Waals surface area contributed by atoms with Crippen LogP contribution in [0.25, 0.3) is 0 Å². The summed E-state index contributed by atoms with van der Waals surface area (Å²) in [5.41, 5.74) is 0.837. The standard InChI is InChI=1S/C13H10O4S/c1-16-12(14)10-7-11(18-8-10)17-13(15)9-5-3-2-4-6-9/h2-8H,1H3. The lowest BCUT2D eigenvalue weighted by atomic mass is 10.2. The van der Waals surface area contributed by atoms with Crippen LogP contribution in [-0.4, -0.2) is 19.0 Å². The van der Waals surface area contributed by atoms with E-state index in [1.165, 1.54) is 24.5 Å². The molecule has 0 aliphatic rings. The van der Waals surface area contributed by atoms with E-state index < -0.39 is 11.9 Å². The Hall–Kier alpha value is -2.14. The van der Waals surface area contributed by atoms with Crippen LogP contribution in [0.4, 0.5) is 0 Å². The molecule has 2 rings (SSSR count). The number of carbonyl (C=O) groups is 2. The summed E-state index contributed by atoms with van der Waals surface area (Å²) in [6, 6.07) is 10.1. The van der Waals surface area contributed by atoms with E-state index in [4.69, 9.17) is 4.74 Å². The van der Waals surface area contributed by atoms with Crippen LogP contribution in [-0.2, 0) is 4.74 Å². The lowest BCUT2D eigenvalue weighted by Crippen LogP contribution is -2.07. The van der Waals surface area contributed by atoms with E-state index in [1.54, 1.807) is 29.6 Å². The number of hydrogen-bond acceptors (Lipinski definition) is 5. The summed E-state index contributed by atoms with van der Waals surface area (Å²) in [6.45, 7) is 0. The molecule has 0 saturated heterocycles. The highest BCUT2D eigenvalue weighted by Crippen LogP contribution is 2.24. The maximum atomic E-state index is 11.7. The molecule has 0 saturated carbocycles. The summed E-state index contributed by atoms with van der Waals surface area (Å²) >= 11 is 1.17. The lowest BCUT2D eigenvalue weighted by Gasteiger charge is -2.00. The molecule has 0 aliphatic heterocycles. The van der Waals surface area contributed by atoms with Crippen LogP contribution in [0.5, 0.6) is 5.06 Å². The van der Waals surface area contributed by atoms with Gasteiger partial charge in [-0.05, 0) is 12.1 Å². The Morgan fingerprint density at radius 2 is 1.78 bits per heavy atom. The molecule has 0 radical (unpaired) electrons. The zero-order valence-corrected chi connectivity index (χ0v) is 10.4. The van der Waals surface area contributed by atoms with E-state index in [0.717, 1.165) is 0 Å². The summed E-state index contributed by atoms with van der Waals surface area (Å²) in [5.74, 6) is -0.901. The maximum absolute atomic E-state index is 11.7. The van der Waals surface area contributed by atoms with Gasteiger partial charge in [-0.2, -0.15) is 0 Å². The third kappa shape index (κ3) is 2.75. The molecule has 2 aromatic rings. The highest BCUT2D eigenvalue weighted by molar-refractivity contribution is 7.12. The van der Waals surface area contributed by atoms with Gasteiger partial charge >= 0.3 is 11.9 Å². The fourth-order valence-electron chi connectivity index (χ4n) is 1.32. The molecule has 5 heteroatoms. The van der Waals surface area contributed by atoms with Crippen molar-refractivity contribution in [2.75, 3.05) is 7.11 Å². The van der Waals surface area contributed by atoms with Crippen molar-refractivity contribution < 1.29 is 19.1 Å². The van der Waals surface area contributed by atoms with Crippen LogP contribution in [0, 0.1) is 0 Å². The Balaban J connectivity index is 2.08. The molecule has 1 heterocycles. The zero-order valence-electron chi connectivity index (χ0n) is 9.58. The van der Waals surface area contributed by atoms with Crippen LogP contribution in [0.3, 0.4) is 0 Å². The topological polar surface area (TPSA) is 52.6 Å². The van der Waals surface area contributed by atoms with E-state index >= 15 is 0 Å². The van der Waals surface area contributed by atoms with E-state index in [2.05, 4.69) is 4.74 Å². The molecule has 0 N–H and O–H groups in total. The van der Waals surface area contributed by atoms with Crippen LogP contribution in [0.1, 0.15) is 20.7 Å². The Bertz CT molecular complexity index is 559. The van der Waals surface area contributed by atoms with Gasteiger partial charge in [0.25, 0.3) is 0 Å². The quantitative estimate of drug-likeness (QED) is 0.798. The van der Waals surface area contributed by atoms with Crippen LogP contribution in [0.2, 0.25) is 0 Å². The predicted octanol–water partition coefficient (Wildman–Crippen LogP) is 2.75. The van der Waals surface area contributed by atoms with Gasteiger partial charge in [0, 0.05) is 11.4 Å². The molecule has 0 aliphatic carbocycles. The van der Waals surface area contributed by atoms with Gasteiger partial charge in [-0.15, -0.1) is 11.3 Å². The summed E-state index contributed by atoms with van der Waals surface area (Å²) < 4.78 is 9.71. The molecular weight excluding hydrogens is 252 g/mol. The second-order valence-electron chi connectivity index (χ2n) is 3.40. The Kier molecular flexibility index (Phi) is 3.74. The Morgan fingerprint density at radius 3 is 2.44 bits per heavy atom. The first-order valence-electron chi connectivity index (χ1n) is 5.15. The van der Waals surface area contributed by atoms with Gasteiger partial charge in [0.1, 0.15) is 0 Å². The molecule has 0 fully saturated rings. The second-order valence-corrected chi connectivity index (χ2v) is 4.28. The molecule has 0 atom stereocenters. The van der Waals surface area contributed by atoms with Crippen molar-refractivity contribution in [2.45, 2.75) is 0 Å². The van der Waals surface area contributed by atoms with E-state index in [-0.39, 0.29) is 0 Å². The van der Waals surface area contributed by atoms with Gasteiger partial charge < -0.3 is 9.47 Å². The highest BCUT2D eigenvalue weighted by Gasteiger charge is 2.13. The van der Waals surface area contributed by atoms with Crippen molar-refractivity contribution in [2.24, 2.45) is 0 Å². The van der Waals surface area contributed by atoms with Crippen molar-refractivity contribution in [1.82, 2.24) is 0 Å². The summed E-state index contributed by atoms with van der Waals surface area (Å²) in [4.78, 5) is 23.0. The fourth-order valence-corrected chi connectivity index (χ4v) is 2.05. The summed E-state index contributed by atoms with van der Waals surface area (Å²) in [5, 5.41) is 1.95. The molecule has 0 bridgehead atoms. The number of ether oxygens (including phenoxy) is 2. The molecular formula is C13H10O4S. The van der Waals surface area contributed by atoms with E-state index in [9.17, 15) is 9.59 Å². The maximum Gasteiger partial charge on any atom is 0.344 e. The normalized spacial score (nSPS) is 9.83. The summed E-state index contributed by atoms with van der Waals surface area (Å²) in [6.07, 6.45) is 0. The minimum absolute atomic E-state index is 0.365. The average Bonchev–Trinajstić information content (AvgIpc) is 2.87. The first kappa shape index (κ1) is 12.3. The monoisotopic (exact) mass is 262 g/mol. The van der Waals surface area contributed by atoms with Gasteiger partial charge in [0.05, 0.1) is 18.2 Å². The third-order valence-corrected chi connectivity index (χ3v) is 3.00. The smallest absolute Gasteiger partial charge is 0.344 e. The number of rotatable bonds is 3. The van der Waals surface area contributed by atoms with Gasteiger partial charge in [-0.3, -0.25) is 0 Å². The second kappa shape index (κ2) is 5.46. The predicted molar refractivity (Wildman–Crippen MR) is 67.1 cm³/mol. The number of thiophene rings is 1. The molecule has 0 spiro atoms. The Labute approximate surface area is 108 Å². The zero-order chi connectivity index (χ0) is 13.0. The van der Waals surface area contributed by atoms with Crippen molar-refractivity contribution >= 4 is 23.3 Å². The van der Waals surface area contributed by atoms with E-state index in [0.29, 0.717) is 16.2 Å². The van der Waals surface area contributed by atoms with Crippen LogP contribution >= 0.6 is 11.3 Å². The Morgan fingerprint density at radius 1 is 1.06 bits per heavy atom. The number of esters is 2. The minimum atomic E-state index is -0.451. The first-order valence-corrected chi connectivity index (χ1v) is 6.03. The molecule has 18 heavy (non-hydrogen) atoms. The SMILES string of the molecule is COC(=O)c1csc(OC(=O)c2ccccc2)c1. The molecule has 92 valence electrons. The lowest BCUT2D eigenvalue weighted by molar-refractivity contribution is 0.0599. The van der Waals surface area contributed by atoms with Crippen molar-refractivity contribution in [1.29, 1.82) is 0 Å². The average molecular weight is 262 g/mol. The highest BCUT2D eigenvalue weighted by atomic mass is 32.1. The van der Waals surface area contributed by atoms with Crippen molar-refractivity contribution in [3.63, 3.8) is 0 Å². The van der Waals surface area contributed by atoms with Crippen molar-refractivity contribution in [3.05, 3.63) is 52.9 Å². The van der Waals surface area contributed by atoms with Gasteiger partial charge in [-0.25, -0.2) is 9.59 Å². The molecule has 1 aromatic heterocycles. The van der Waals surface area contributed by atoms with Gasteiger partial charge in [0.2, 0.25) is 0 Å². The molecule has 4 nitrogen and oxygen atoms in total. The summed E-state index contributed by atoms with van der Waals surface area (Å²) in [7, 11) is 1.30. The fraction of sp³-hybridized carbons (Fsp3) is 0.0769. The molecule has 1 aromatic carbocycles. The number of carbonyl (C=O) groups excluding carboxylic acids is 2. The number of benzene rings is 1. The minimum Gasteiger partial charge on any atom is -0.465 e. The van der Waals surface area contributed by atoms with Gasteiger partial charge in [0.15, 0.2) is 5.06 Å². The molecule has 0 unspecified atom stereocenters. The molecule has 0 amide bonds. The third-order valence-electron chi connectivity index (χ3n) is 2.20. The first-order chi connectivity index (χ1) is 8.70. The van der Waals surface area contributed by atoms with Crippen LogP contribution in [0.15, 0.2) is 41.8 Å². The van der Waals surface area contributed by atoms with Crippen molar-refractivity contribution in [3.8, 4) is 5.06 Å². The van der Waals surface area contributed by atoms with E-state index in [1.807, 2.05) is 6.07 Å².